The molecule has 1 saturated heterocycles. The lowest BCUT2D eigenvalue weighted by molar-refractivity contribution is 0.153. The maximum atomic E-state index is 11.7. The van der Waals surface area contributed by atoms with Gasteiger partial charge < -0.3 is 10.2 Å². The normalized spacial score (nSPS) is 26.8. The number of sulfone groups is 1. The number of hydrogen-bond donors (Lipinski definition) is 1. The molecule has 4 nitrogen and oxygen atoms in total. The summed E-state index contributed by atoms with van der Waals surface area (Å²) in [5.41, 5.74) is 0.373. The van der Waals surface area contributed by atoms with Crippen LogP contribution in [0.2, 0.25) is 0 Å². The van der Waals surface area contributed by atoms with Crippen molar-refractivity contribution >= 4 is 9.84 Å². The van der Waals surface area contributed by atoms with E-state index in [1.54, 1.807) is 0 Å². The van der Waals surface area contributed by atoms with E-state index in [1.165, 1.54) is 25.7 Å². The highest BCUT2D eigenvalue weighted by molar-refractivity contribution is 7.91. The van der Waals surface area contributed by atoms with Crippen molar-refractivity contribution in [2.75, 3.05) is 37.7 Å². The minimum Gasteiger partial charge on any atom is -0.314 e. The van der Waals surface area contributed by atoms with E-state index < -0.39 is 9.84 Å². The summed E-state index contributed by atoms with van der Waals surface area (Å²) >= 11 is 0. The molecule has 0 unspecified atom stereocenters. The summed E-state index contributed by atoms with van der Waals surface area (Å²) in [6.45, 7) is 8.22. The summed E-state index contributed by atoms with van der Waals surface area (Å²) < 4.78 is 23.4. The van der Waals surface area contributed by atoms with Gasteiger partial charge in [0.2, 0.25) is 0 Å². The van der Waals surface area contributed by atoms with Crippen LogP contribution < -0.4 is 5.32 Å². The van der Waals surface area contributed by atoms with Gasteiger partial charge >= 0.3 is 0 Å². The predicted molar refractivity (Wildman–Crippen MR) is 83.8 cm³/mol. The van der Waals surface area contributed by atoms with Crippen LogP contribution >= 0.6 is 0 Å². The van der Waals surface area contributed by atoms with E-state index in [-0.39, 0.29) is 0 Å². The van der Waals surface area contributed by atoms with Gasteiger partial charge in [0.15, 0.2) is 9.84 Å². The monoisotopic (exact) mass is 302 g/mol. The lowest BCUT2D eigenvalue weighted by atomic mass is 9.85. The minimum atomic E-state index is -2.79. The van der Waals surface area contributed by atoms with E-state index in [9.17, 15) is 8.42 Å². The van der Waals surface area contributed by atoms with Gasteiger partial charge in [-0.3, -0.25) is 0 Å². The topological polar surface area (TPSA) is 49.4 Å². The van der Waals surface area contributed by atoms with Crippen molar-refractivity contribution in [1.29, 1.82) is 0 Å². The Morgan fingerprint density at radius 1 is 1.10 bits per heavy atom. The Balaban J connectivity index is 1.94. The van der Waals surface area contributed by atoms with Crippen molar-refractivity contribution in [3.05, 3.63) is 0 Å². The highest BCUT2D eigenvalue weighted by atomic mass is 32.2. The van der Waals surface area contributed by atoms with Crippen molar-refractivity contribution in [3.63, 3.8) is 0 Å². The van der Waals surface area contributed by atoms with E-state index >= 15 is 0 Å². The summed E-state index contributed by atoms with van der Waals surface area (Å²) in [5.74, 6) is 0.724. The molecule has 0 radical (unpaired) electrons. The van der Waals surface area contributed by atoms with Gasteiger partial charge in [-0.15, -0.1) is 0 Å². The van der Waals surface area contributed by atoms with E-state index in [2.05, 4.69) is 24.1 Å². The third-order valence-electron chi connectivity index (χ3n) is 4.76. The Kier molecular flexibility index (Phi) is 5.49. The van der Waals surface area contributed by atoms with Crippen molar-refractivity contribution in [2.24, 2.45) is 5.41 Å². The van der Waals surface area contributed by atoms with Crippen LogP contribution in [0.4, 0.5) is 0 Å². The van der Waals surface area contributed by atoms with Crippen molar-refractivity contribution in [3.8, 4) is 0 Å². The fraction of sp³-hybridized carbons (Fsp3) is 1.00. The van der Waals surface area contributed by atoms with Gasteiger partial charge in [0.25, 0.3) is 0 Å². The molecule has 0 aromatic rings. The molecule has 0 spiro atoms. The zero-order valence-electron chi connectivity index (χ0n) is 13.0. The molecule has 0 bridgehead atoms. The highest BCUT2D eigenvalue weighted by Gasteiger charge is 2.36. The molecular weight excluding hydrogens is 272 g/mol. The maximum absolute atomic E-state index is 11.7. The third kappa shape index (κ3) is 4.71. The van der Waals surface area contributed by atoms with Crippen LogP contribution in [-0.4, -0.2) is 57.0 Å². The first-order valence-corrected chi connectivity index (χ1v) is 9.89. The molecule has 1 aliphatic carbocycles. The van der Waals surface area contributed by atoms with E-state index in [0.717, 1.165) is 32.6 Å². The minimum absolute atomic E-state index is 0.348. The first-order chi connectivity index (χ1) is 9.41. The molecule has 0 amide bonds. The molecule has 1 N–H and O–H groups in total. The molecular formula is C15H30N2O2S. The summed E-state index contributed by atoms with van der Waals surface area (Å²) in [6, 6.07) is 0.525. The van der Waals surface area contributed by atoms with Gasteiger partial charge in [-0.05, 0) is 31.2 Å². The summed E-state index contributed by atoms with van der Waals surface area (Å²) in [4.78, 5) is 2.40. The molecule has 20 heavy (non-hydrogen) atoms. The molecule has 0 atom stereocenters. The van der Waals surface area contributed by atoms with Gasteiger partial charge in [-0.2, -0.15) is 0 Å². The first kappa shape index (κ1) is 16.2. The third-order valence-corrected chi connectivity index (χ3v) is 6.47. The molecule has 2 rings (SSSR count). The van der Waals surface area contributed by atoms with Crippen molar-refractivity contribution in [1.82, 2.24) is 10.2 Å². The Morgan fingerprint density at radius 3 is 2.45 bits per heavy atom. The summed E-state index contributed by atoms with van der Waals surface area (Å²) in [7, 11) is -2.79. The fourth-order valence-corrected chi connectivity index (χ4v) is 4.87. The fourth-order valence-electron chi connectivity index (χ4n) is 3.56. The average molecular weight is 302 g/mol. The van der Waals surface area contributed by atoms with Gasteiger partial charge in [0, 0.05) is 25.7 Å². The van der Waals surface area contributed by atoms with E-state index in [4.69, 9.17) is 0 Å². The van der Waals surface area contributed by atoms with Crippen LogP contribution in [0.5, 0.6) is 0 Å². The van der Waals surface area contributed by atoms with Crippen LogP contribution in [0.1, 0.15) is 46.0 Å². The number of nitrogens with zero attached hydrogens (tertiary/aromatic N) is 1. The van der Waals surface area contributed by atoms with Crippen LogP contribution in [-0.2, 0) is 9.84 Å². The molecule has 1 aliphatic heterocycles. The second kappa shape index (κ2) is 6.75. The smallest absolute Gasteiger partial charge is 0.151 e. The zero-order chi connectivity index (χ0) is 14.6. The average Bonchev–Trinajstić information content (AvgIpc) is 2.75. The predicted octanol–water partition coefficient (Wildman–Crippen LogP) is 1.67. The number of hydrogen-bond acceptors (Lipinski definition) is 4. The number of rotatable bonds is 5. The Labute approximate surface area is 124 Å². The quantitative estimate of drug-likeness (QED) is 0.839. The Hall–Kier alpha value is -0.130. The zero-order valence-corrected chi connectivity index (χ0v) is 13.8. The molecule has 118 valence electrons. The molecule has 1 saturated carbocycles. The van der Waals surface area contributed by atoms with Crippen molar-refractivity contribution in [2.45, 2.75) is 52.0 Å². The second-order valence-corrected chi connectivity index (χ2v) is 9.33. The van der Waals surface area contributed by atoms with E-state index in [1.807, 2.05) is 0 Å². The lowest BCUT2D eigenvalue weighted by Gasteiger charge is -2.35. The van der Waals surface area contributed by atoms with Gasteiger partial charge in [-0.25, -0.2) is 8.42 Å². The van der Waals surface area contributed by atoms with Crippen LogP contribution in [0.3, 0.4) is 0 Å². The largest absolute Gasteiger partial charge is 0.314 e. The SMILES string of the molecule is CC(C)NCC1(CN2CCCS(=O)(=O)CC2)CCCC1. The maximum Gasteiger partial charge on any atom is 0.151 e. The Morgan fingerprint density at radius 2 is 1.80 bits per heavy atom. The second-order valence-electron chi connectivity index (χ2n) is 7.02. The van der Waals surface area contributed by atoms with Gasteiger partial charge in [0.1, 0.15) is 0 Å². The van der Waals surface area contributed by atoms with Gasteiger partial charge in [-0.1, -0.05) is 26.7 Å². The molecule has 2 aliphatic rings. The molecule has 2 fully saturated rings. The highest BCUT2D eigenvalue weighted by Crippen LogP contribution is 2.38. The molecule has 5 heteroatoms. The van der Waals surface area contributed by atoms with Crippen LogP contribution in [0, 0.1) is 5.41 Å². The molecule has 1 heterocycles. The van der Waals surface area contributed by atoms with Crippen LogP contribution in [0.25, 0.3) is 0 Å². The van der Waals surface area contributed by atoms with Gasteiger partial charge in [0.05, 0.1) is 11.5 Å². The standard InChI is InChI=1S/C15H30N2O2S/c1-14(2)16-12-15(6-3-4-7-15)13-17-8-5-10-20(18,19)11-9-17/h14,16H,3-13H2,1-2H3. The summed E-state index contributed by atoms with van der Waals surface area (Å²) in [6.07, 6.45) is 6.03. The lowest BCUT2D eigenvalue weighted by Crippen LogP contribution is -2.45. The van der Waals surface area contributed by atoms with E-state index in [0.29, 0.717) is 23.0 Å². The van der Waals surface area contributed by atoms with Crippen LogP contribution in [0.15, 0.2) is 0 Å². The summed E-state index contributed by atoms with van der Waals surface area (Å²) in [5, 5.41) is 3.60. The Bertz CT molecular complexity index is 400. The molecule has 0 aromatic heterocycles. The number of nitrogens with one attached hydrogen (secondary N) is 1. The van der Waals surface area contributed by atoms with Crippen molar-refractivity contribution < 1.29 is 8.42 Å². The molecule has 0 aromatic carbocycles. The first-order valence-electron chi connectivity index (χ1n) is 8.07.